The lowest BCUT2D eigenvalue weighted by Gasteiger charge is -2.22. The first kappa shape index (κ1) is 26.8. The van der Waals surface area contributed by atoms with Crippen molar-refractivity contribution in [2.45, 2.75) is 136 Å². The summed E-state index contributed by atoms with van der Waals surface area (Å²) in [6.45, 7) is 6.44. The van der Waals surface area contributed by atoms with Gasteiger partial charge in [0.25, 0.3) is 0 Å². The van der Waals surface area contributed by atoms with Crippen LogP contribution in [-0.2, 0) is 4.74 Å². The van der Waals surface area contributed by atoms with Gasteiger partial charge in [-0.25, -0.2) is 4.79 Å². The van der Waals surface area contributed by atoms with Crippen LogP contribution in [0.5, 0.6) is 0 Å². The average molecular weight is 395 g/mol. The third kappa shape index (κ3) is 19.5. The van der Waals surface area contributed by atoms with Gasteiger partial charge in [-0.2, -0.15) is 5.26 Å². The molecule has 0 aliphatic heterocycles. The molecule has 0 aromatic rings. The first-order valence-electron chi connectivity index (χ1n) is 11.9. The van der Waals surface area contributed by atoms with Crippen molar-refractivity contribution in [2.24, 2.45) is 0 Å². The number of hydrogen-bond donors (Lipinski definition) is 1. The smallest absolute Gasteiger partial charge is 0.407 e. The molecule has 1 N–H and O–H groups in total. The quantitative estimate of drug-likeness (QED) is 0.229. The van der Waals surface area contributed by atoms with Crippen LogP contribution in [0, 0.1) is 11.3 Å². The summed E-state index contributed by atoms with van der Waals surface area (Å²) < 4.78 is 5.23. The molecule has 0 rings (SSSR count). The van der Waals surface area contributed by atoms with Gasteiger partial charge in [0, 0.05) is 6.54 Å². The monoisotopic (exact) mass is 394 g/mol. The minimum Gasteiger partial charge on any atom is -0.442 e. The lowest BCUT2D eigenvalue weighted by atomic mass is 10.0. The zero-order valence-electron chi connectivity index (χ0n) is 19.0. The number of hydrogen-bond acceptors (Lipinski definition) is 3. The van der Waals surface area contributed by atoms with Crippen molar-refractivity contribution in [2.75, 3.05) is 6.54 Å². The van der Waals surface area contributed by atoms with Gasteiger partial charge < -0.3 is 10.1 Å². The molecule has 0 aromatic carbocycles. The molecule has 4 heteroatoms. The third-order valence-corrected chi connectivity index (χ3v) is 5.17. The summed E-state index contributed by atoms with van der Waals surface area (Å²) in [7, 11) is 0. The SMILES string of the molecule is CCCCCCCCCCCCCCCCCCNC(=O)OC(C)(C)CC#N. The number of alkyl carbamates (subject to hydrolysis) is 1. The van der Waals surface area contributed by atoms with E-state index in [1.807, 2.05) is 6.07 Å². The summed E-state index contributed by atoms with van der Waals surface area (Å²) in [6.07, 6.45) is 21.3. The maximum atomic E-state index is 11.7. The number of nitrogens with one attached hydrogen (secondary N) is 1. The van der Waals surface area contributed by atoms with Gasteiger partial charge in [0.2, 0.25) is 0 Å². The molecule has 0 heterocycles. The minimum atomic E-state index is -0.715. The molecule has 4 nitrogen and oxygen atoms in total. The highest BCUT2D eigenvalue weighted by Crippen LogP contribution is 2.14. The number of nitrogens with zero attached hydrogens (tertiary/aromatic N) is 1. The largest absolute Gasteiger partial charge is 0.442 e. The summed E-state index contributed by atoms with van der Waals surface area (Å²) in [4.78, 5) is 11.7. The van der Waals surface area contributed by atoms with Gasteiger partial charge in [-0.15, -0.1) is 0 Å². The molecule has 28 heavy (non-hydrogen) atoms. The van der Waals surface area contributed by atoms with Crippen molar-refractivity contribution in [3.05, 3.63) is 0 Å². The minimum absolute atomic E-state index is 0.208. The van der Waals surface area contributed by atoms with Crippen LogP contribution in [-0.4, -0.2) is 18.2 Å². The Labute approximate surface area is 174 Å². The number of carbonyl (C=O) groups is 1. The number of nitriles is 1. The summed E-state index contributed by atoms with van der Waals surface area (Å²) in [5, 5.41) is 11.5. The fraction of sp³-hybridized carbons (Fsp3) is 0.917. The Morgan fingerprint density at radius 2 is 1.18 bits per heavy atom. The lowest BCUT2D eigenvalue weighted by molar-refractivity contribution is 0.0424. The standard InChI is InChI=1S/C24H46N2O2/c1-4-5-6-7-8-9-10-11-12-13-14-15-16-17-18-19-22-26-23(27)28-24(2,3)20-21-25/h4-20,22H2,1-3H3,(H,26,27). The second-order valence-electron chi connectivity index (χ2n) is 8.71. The number of ether oxygens (including phenoxy) is 1. The van der Waals surface area contributed by atoms with Crippen LogP contribution in [0.2, 0.25) is 0 Å². The number of rotatable bonds is 19. The van der Waals surface area contributed by atoms with E-state index < -0.39 is 11.7 Å². The third-order valence-electron chi connectivity index (χ3n) is 5.17. The van der Waals surface area contributed by atoms with E-state index in [1.54, 1.807) is 13.8 Å². The summed E-state index contributed by atoms with van der Waals surface area (Å²) in [5.74, 6) is 0. The first-order valence-corrected chi connectivity index (χ1v) is 11.9. The van der Waals surface area contributed by atoms with Crippen LogP contribution in [0.4, 0.5) is 4.79 Å². The van der Waals surface area contributed by atoms with E-state index in [0.717, 1.165) is 12.8 Å². The fourth-order valence-electron chi connectivity index (χ4n) is 3.38. The van der Waals surface area contributed by atoms with Gasteiger partial charge in [-0.3, -0.25) is 0 Å². The number of amides is 1. The number of carbonyl (C=O) groups excluding carboxylic acids is 1. The van der Waals surface area contributed by atoms with Gasteiger partial charge in [-0.05, 0) is 20.3 Å². The summed E-state index contributed by atoms with van der Waals surface area (Å²) in [5.41, 5.74) is -0.715. The second kappa shape index (κ2) is 19.1. The van der Waals surface area contributed by atoms with Crippen molar-refractivity contribution in [1.82, 2.24) is 5.32 Å². The van der Waals surface area contributed by atoms with Crippen LogP contribution in [0.15, 0.2) is 0 Å². The van der Waals surface area contributed by atoms with Crippen LogP contribution in [0.25, 0.3) is 0 Å². The Morgan fingerprint density at radius 3 is 1.57 bits per heavy atom. The topological polar surface area (TPSA) is 62.1 Å². The van der Waals surface area contributed by atoms with Crippen LogP contribution in [0.3, 0.4) is 0 Å². The summed E-state index contributed by atoms with van der Waals surface area (Å²) >= 11 is 0. The zero-order chi connectivity index (χ0) is 20.9. The molecule has 0 fully saturated rings. The van der Waals surface area contributed by atoms with E-state index >= 15 is 0 Å². The van der Waals surface area contributed by atoms with Crippen molar-refractivity contribution >= 4 is 6.09 Å². The molecule has 0 aliphatic carbocycles. The van der Waals surface area contributed by atoms with Crippen LogP contribution in [0.1, 0.15) is 130 Å². The Bertz CT molecular complexity index is 402. The highest BCUT2D eigenvalue weighted by molar-refractivity contribution is 5.67. The molecule has 0 atom stereocenters. The molecular weight excluding hydrogens is 348 g/mol. The molecule has 164 valence electrons. The van der Waals surface area contributed by atoms with Crippen molar-refractivity contribution in [1.29, 1.82) is 5.26 Å². The molecule has 0 radical (unpaired) electrons. The van der Waals surface area contributed by atoms with E-state index in [2.05, 4.69) is 12.2 Å². The summed E-state index contributed by atoms with van der Waals surface area (Å²) in [6, 6.07) is 2.03. The van der Waals surface area contributed by atoms with Gasteiger partial charge >= 0.3 is 6.09 Å². The normalized spacial score (nSPS) is 11.2. The Kier molecular flexibility index (Phi) is 18.2. The molecule has 0 aliphatic rings. The second-order valence-corrected chi connectivity index (χ2v) is 8.71. The number of unbranched alkanes of at least 4 members (excludes halogenated alkanes) is 15. The maximum Gasteiger partial charge on any atom is 0.407 e. The van der Waals surface area contributed by atoms with Gasteiger partial charge in [-0.1, -0.05) is 103 Å². The van der Waals surface area contributed by atoms with Crippen molar-refractivity contribution < 1.29 is 9.53 Å². The van der Waals surface area contributed by atoms with E-state index in [4.69, 9.17) is 10.00 Å². The fourth-order valence-corrected chi connectivity index (χ4v) is 3.38. The molecule has 0 unspecified atom stereocenters. The van der Waals surface area contributed by atoms with E-state index in [1.165, 1.54) is 89.9 Å². The molecule has 0 saturated heterocycles. The van der Waals surface area contributed by atoms with E-state index in [0.29, 0.717) is 6.54 Å². The molecule has 0 bridgehead atoms. The van der Waals surface area contributed by atoms with E-state index in [-0.39, 0.29) is 6.42 Å². The van der Waals surface area contributed by atoms with Crippen LogP contribution < -0.4 is 5.32 Å². The maximum absolute atomic E-state index is 11.7. The lowest BCUT2D eigenvalue weighted by Crippen LogP contribution is -2.34. The molecule has 0 spiro atoms. The van der Waals surface area contributed by atoms with Gasteiger partial charge in [0.05, 0.1) is 12.5 Å². The first-order chi connectivity index (χ1) is 13.5. The molecule has 0 aromatic heterocycles. The van der Waals surface area contributed by atoms with Crippen molar-refractivity contribution in [3.63, 3.8) is 0 Å². The average Bonchev–Trinajstić information content (AvgIpc) is 2.63. The molecular formula is C24H46N2O2. The highest BCUT2D eigenvalue weighted by Gasteiger charge is 2.22. The van der Waals surface area contributed by atoms with Gasteiger partial charge in [0.15, 0.2) is 0 Å². The Hall–Kier alpha value is -1.24. The van der Waals surface area contributed by atoms with E-state index in [9.17, 15) is 4.79 Å². The highest BCUT2D eigenvalue weighted by atomic mass is 16.6. The molecule has 0 saturated carbocycles. The predicted molar refractivity (Wildman–Crippen MR) is 118 cm³/mol. The van der Waals surface area contributed by atoms with Gasteiger partial charge in [0.1, 0.15) is 5.60 Å². The predicted octanol–water partition coefficient (Wildman–Crippen LogP) is 7.67. The van der Waals surface area contributed by atoms with Crippen LogP contribution >= 0.6 is 0 Å². The van der Waals surface area contributed by atoms with Crippen molar-refractivity contribution in [3.8, 4) is 6.07 Å². The zero-order valence-corrected chi connectivity index (χ0v) is 19.0. The molecule has 1 amide bonds. The Morgan fingerprint density at radius 1 is 0.786 bits per heavy atom. The Balaban J connectivity index is 3.24.